The molecule has 0 saturated heterocycles. The minimum Gasteiger partial charge on any atom is -0.799 e. The topological polar surface area (TPSA) is 80.3 Å². The fourth-order valence-corrected chi connectivity index (χ4v) is 9.44. The van der Waals surface area contributed by atoms with Crippen LogP contribution >= 0.6 is 14.7 Å². The normalized spacial score (nSPS) is 11.7. The van der Waals surface area contributed by atoms with E-state index in [1.807, 2.05) is 0 Å². The Hall–Kier alpha value is 0.886. The van der Waals surface area contributed by atoms with Crippen molar-refractivity contribution >= 4 is 14.7 Å². The van der Waals surface area contributed by atoms with Crippen LogP contribution in [0.4, 0.5) is 0 Å². The van der Waals surface area contributed by atoms with Crippen LogP contribution in [-0.2, 0) is 25.9 Å². The van der Waals surface area contributed by atoms with Crippen molar-refractivity contribution in [3.63, 3.8) is 0 Å². The van der Waals surface area contributed by atoms with E-state index in [1.54, 1.807) is 0 Å². The Morgan fingerprint density at radius 2 is 0.404 bits per heavy atom. The molecular formula is C40H84CoO4P2. The zero-order valence-electron chi connectivity index (χ0n) is 32.3. The van der Waals surface area contributed by atoms with Crippen LogP contribution in [0.3, 0.4) is 0 Å². The van der Waals surface area contributed by atoms with Crippen molar-refractivity contribution < 1.29 is 35.7 Å². The summed E-state index contributed by atoms with van der Waals surface area (Å²) in [7, 11) is -6.15. The van der Waals surface area contributed by atoms with Gasteiger partial charge in [0.1, 0.15) is 0 Å². The standard InChI is InChI=1S/2C20H43O2P.Co/c2*1-3-5-7-9-11-13-15-17-19-23(21,22)20-18-16-14-12-10-8-6-4-2;/h2*3-20H2,1-2H3,(H,21,22);/q;;+2/p-2. The third-order valence-electron chi connectivity index (χ3n) is 9.41. The van der Waals surface area contributed by atoms with Crippen LogP contribution < -0.4 is 9.79 Å². The molecule has 0 saturated carbocycles. The number of unbranched alkanes of at least 4 members (excludes halogenated alkanes) is 28. The molecule has 0 bridgehead atoms. The van der Waals surface area contributed by atoms with Gasteiger partial charge in [-0.1, -0.05) is 207 Å². The minimum absolute atomic E-state index is 0. The molecule has 0 heterocycles. The number of rotatable bonds is 36. The molecule has 0 aliphatic carbocycles. The van der Waals surface area contributed by atoms with Gasteiger partial charge in [-0.3, -0.25) is 0 Å². The van der Waals surface area contributed by atoms with E-state index < -0.39 is 14.7 Å². The Balaban J connectivity index is -0.000000807. The molecule has 1 radical (unpaired) electrons. The zero-order chi connectivity index (χ0) is 34.5. The smallest absolute Gasteiger partial charge is 0.799 e. The van der Waals surface area contributed by atoms with Gasteiger partial charge in [0.15, 0.2) is 0 Å². The summed E-state index contributed by atoms with van der Waals surface area (Å²) in [6, 6.07) is 0. The average molecular weight is 750 g/mol. The first-order chi connectivity index (χ1) is 22.2. The summed E-state index contributed by atoms with van der Waals surface area (Å²) in [4.78, 5) is 24.0. The maximum atomic E-state index is 12.0. The predicted octanol–water partition coefficient (Wildman–Crippen LogP) is 13.8. The second kappa shape index (κ2) is 41.3. The van der Waals surface area contributed by atoms with Gasteiger partial charge in [0.25, 0.3) is 0 Å². The molecule has 0 aromatic carbocycles. The molecule has 0 rings (SSSR count). The molecule has 47 heavy (non-hydrogen) atoms. The van der Waals surface area contributed by atoms with Gasteiger partial charge >= 0.3 is 16.8 Å². The molecule has 0 aliphatic rings. The van der Waals surface area contributed by atoms with Gasteiger partial charge in [0, 0.05) is 14.7 Å². The first-order valence-corrected chi connectivity index (χ1v) is 24.8. The van der Waals surface area contributed by atoms with E-state index in [2.05, 4.69) is 27.7 Å². The van der Waals surface area contributed by atoms with Crippen molar-refractivity contribution in [2.24, 2.45) is 0 Å². The Bertz CT molecular complexity index is 573. The van der Waals surface area contributed by atoms with E-state index >= 15 is 0 Å². The molecule has 0 unspecified atom stereocenters. The second-order valence-corrected chi connectivity index (χ2v) is 19.5. The van der Waals surface area contributed by atoms with E-state index in [9.17, 15) is 18.9 Å². The van der Waals surface area contributed by atoms with Crippen LogP contribution in [0, 0.1) is 0 Å². The molecule has 0 N–H and O–H groups in total. The van der Waals surface area contributed by atoms with E-state index in [1.165, 1.54) is 154 Å². The number of hydrogen-bond donors (Lipinski definition) is 0. The fourth-order valence-electron chi connectivity index (χ4n) is 6.17. The Labute approximate surface area is 307 Å². The molecule has 7 heteroatoms. The predicted molar refractivity (Wildman–Crippen MR) is 205 cm³/mol. The van der Waals surface area contributed by atoms with Crippen LogP contribution in [0.15, 0.2) is 0 Å². The van der Waals surface area contributed by atoms with Gasteiger partial charge in [0.05, 0.1) is 0 Å². The zero-order valence-corrected chi connectivity index (χ0v) is 35.1. The van der Waals surface area contributed by atoms with Crippen molar-refractivity contribution in [3.05, 3.63) is 0 Å². The van der Waals surface area contributed by atoms with Crippen LogP contribution in [0.1, 0.15) is 233 Å². The summed E-state index contributed by atoms with van der Waals surface area (Å²) < 4.78 is 24.0. The molecule has 0 aromatic heterocycles. The summed E-state index contributed by atoms with van der Waals surface area (Å²) in [6.45, 7) is 8.94. The van der Waals surface area contributed by atoms with E-state index in [0.29, 0.717) is 24.6 Å². The summed E-state index contributed by atoms with van der Waals surface area (Å²) in [5.74, 6) is 0. The van der Waals surface area contributed by atoms with E-state index in [4.69, 9.17) is 0 Å². The van der Waals surface area contributed by atoms with Crippen molar-refractivity contribution in [1.82, 2.24) is 0 Å². The Kier molecular flexibility index (Phi) is 45.9. The molecule has 0 aromatic rings. The van der Waals surface area contributed by atoms with Crippen LogP contribution in [-0.4, -0.2) is 24.6 Å². The molecule has 0 amide bonds. The molecule has 287 valence electrons. The van der Waals surface area contributed by atoms with E-state index in [0.717, 1.165) is 51.4 Å². The molecular weight excluding hydrogens is 665 g/mol. The Morgan fingerprint density at radius 1 is 0.277 bits per heavy atom. The molecule has 0 fully saturated rings. The minimum atomic E-state index is -3.07. The van der Waals surface area contributed by atoms with Gasteiger partial charge in [-0.05, 0) is 50.3 Å². The summed E-state index contributed by atoms with van der Waals surface area (Å²) >= 11 is 0. The van der Waals surface area contributed by atoms with Crippen molar-refractivity contribution in [3.8, 4) is 0 Å². The average Bonchev–Trinajstić information content (AvgIpc) is 3.02. The first-order valence-electron chi connectivity index (χ1n) is 20.8. The van der Waals surface area contributed by atoms with Gasteiger partial charge in [-0.25, -0.2) is 0 Å². The molecule has 0 aliphatic heterocycles. The quantitative estimate of drug-likeness (QED) is 0.0472. The molecule has 0 atom stereocenters. The maximum absolute atomic E-state index is 12.0. The fraction of sp³-hybridized carbons (Fsp3) is 1.00. The van der Waals surface area contributed by atoms with E-state index in [-0.39, 0.29) is 16.8 Å². The van der Waals surface area contributed by atoms with Crippen LogP contribution in [0.25, 0.3) is 0 Å². The summed E-state index contributed by atoms with van der Waals surface area (Å²) in [6.07, 6.45) is 40.8. The van der Waals surface area contributed by atoms with Crippen LogP contribution in [0.2, 0.25) is 0 Å². The number of hydrogen-bond acceptors (Lipinski definition) is 4. The maximum Gasteiger partial charge on any atom is 2.00 e. The van der Waals surface area contributed by atoms with Gasteiger partial charge < -0.3 is 18.9 Å². The third kappa shape index (κ3) is 46.9. The third-order valence-corrected chi connectivity index (χ3v) is 13.4. The van der Waals surface area contributed by atoms with Crippen molar-refractivity contribution in [1.29, 1.82) is 0 Å². The largest absolute Gasteiger partial charge is 2.00 e. The molecule has 4 nitrogen and oxygen atoms in total. The second-order valence-electron chi connectivity index (χ2n) is 14.4. The monoisotopic (exact) mass is 750 g/mol. The molecule has 0 spiro atoms. The van der Waals surface area contributed by atoms with Crippen molar-refractivity contribution in [2.75, 3.05) is 24.6 Å². The first kappa shape index (κ1) is 52.2. The van der Waals surface area contributed by atoms with Gasteiger partial charge in [-0.2, -0.15) is 0 Å². The van der Waals surface area contributed by atoms with Gasteiger partial charge in [-0.15, -0.1) is 0 Å². The van der Waals surface area contributed by atoms with Gasteiger partial charge in [0.2, 0.25) is 0 Å². The van der Waals surface area contributed by atoms with Crippen molar-refractivity contribution in [2.45, 2.75) is 233 Å². The summed E-state index contributed by atoms with van der Waals surface area (Å²) in [5.41, 5.74) is 0. The Morgan fingerprint density at radius 3 is 0.553 bits per heavy atom. The van der Waals surface area contributed by atoms with Crippen LogP contribution in [0.5, 0.6) is 0 Å². The SMILES string of the molecule is CCCCCCCCCCP(=O)([O-])CCCCCCCCCC.CCCCCCCCCCP(=O)([O-])CCCCCCCCCC.[Co+2]. The summed E-state index contributed by atoms with van der Waals surface area (Å²) in [5, 5.41) is 0.